The van der Waals surface area contributed by atoms with E-state index in [1.807, 2.05) is 18.2 Å². The fourth-order valence-electron chi connectivity index (χ4n) is 1.80. The summed E-state index contributed by atoms with van der Waals surface area (Å²) in [5.41, 5.74) is 7.21. The van der Waals surface area contributed by atoms with Gasteiger partial charge in [-0.15, -0.1) is 11.3 Å². The minimum absolute atomic E-state index is 0.0519. The largest absolute Gasteiger partial charge is 0.478 e. The predicted molar refractivity (Wildman–Crippen MR) is 71.9 cm³/mol. The normalized spacial score (nSPS) is 11.9. The van der Waals surface area contributed by atoms with Crippen LogP contribution in [0, 0.1) is 0 Å². The Balaban J connectivity index is 2.70. The van der Waals surface area contributed by atoms with E-state index in [1.165, 1.54) is 16.9 Å². The van der Waals surface area contributed by atoms with E-state index in [-0.39, 0.29) is 11.0 Å². The van der Waals surface area contributed by atoms with Crippen molar-refractivity contribution < 1.29 is 9.90 Å². The van der Waals surface area contributed by atoms with E-state index < -0.39 is 5.97 Å². The van der Waals surface area contributed by atoms with Crippen molar-refractivity contribution in [2.45, 2.75) is 26.2 Å². The highest BCUT2D eigenvalue weighted by Gasteiger charge is 2.19. The molecule has 0 atom stereocenters. The zero-order chi connectivity index (χ0) is 12.8. The molecule has 0 spiro atoms. The number of nitrogens with two attached hydrogens (primary N) is 1. The van der Waals surface area contributed by atoms with E-state index in [0.717, 1.165) is 10.1 Å². The summed E-state index contributed by atoms with van der Waals surface area (Å²) in [7, 11) is 0. The molecule has 0 aliphatic rings. The van der Waals surface area contributed by atoms with Crippen LogP contribution in [0.15, 0.2) is 18.2 Å². The van der Waals surface area contributed by atoms with Gasteiger partial charge in [0.25, 0.3) is 0 Å². The van der Waals surface area contributed by atoms with Crippen molar-refractivity contribution in [3.05, 3.63) is 29.3 Å². The van der Waals surface area contributed by atoms with Gasteiger partial charge in [0.1, 0.15) is 10.6 Å². The Labute approximate surface area is 104 Å². The maximum Gasteiger partial charge on any atom is 0.339 e. The standard InChI is InChI=1S/C13H15NO2S/c1-13(2,3)7-4-5-8-9(6-7)17-11(14)10(8)12(15)16/h4-6H,14H2,1-3H3,(H,15,16). The molecule has 1 heterocycles. The van der Waals surface area contributed by atoms with Crippen LogP contribution in [0.1, 0.15) is 36.7 Å². The van der Waals surface area contributed by atoms with Gasteiger partial charge in [-0.1, -0.05) is 32.9 Å². The van der Waals surface area contributed by atoms with Gasteiger partial charge in [-0.25, -0.2) is 4.79 Å². The van der Waals surface area contributed by atoms with Gasteiger partial charge in [0.2, 0.25) is 0 Å². The second-order valence-corrected chi connectivity index (χ2v) is 6.19. The lowest BCUT2D eigenvalue weighted by atomic mass is 9.87. The molecule has 1 aromatic carbocycles. The van der Waals surface area contributed by atoms with Crippen LogP contribution < -0.4 is 5.73 Å². The first-order chi connectivity index (χ1) is 7.80. The summed E-state index contributed by atoms with van der Waals surface area (Å²) in [6, 6.07) is 5.86. The molecule has 0 saturated heterocycles. The number of hydrogen-bond acceptors (Lipinski definition) is 3. The molecule has 0 bridgehead atoms. The van der Waals surface area contributed by atoms with Crippen molar-refractivity contribution in [3.63, 3.8) is 0 Å². The van der Waals surface area contributed by atoms with Crippen LogP contribution >= 0.6 is 11.3 Å². The third-order valence-electron chi connectivity index (χ3n) is 2.80. The first-order valence-electron chi connectivity index (χ1n) is 5.36. The quantitative estimate of drug-likeness (QED) is 0.813. The molecule has 0 saturated carbocycles. The van der Waals surface area contributed by atoms with Crippen molar-refractivity contribution >= 4 is 32.4 Å². The summed E-state index contributed by atoms with van der Waals surface area (Å²) in [5.74, 6) is -0.961. The molecular formula is C13H15NO2S. The minimum Gasteiger partial charge on any atom is -0.478 e. The van der Waals surface area contributed by atoms with Gasteiger partial charge < -0.3 is 10.8 Å². The summed E-state index contributed by atoms with van der Waals surface area (Å²) < 4.78 is 0.937. The van der Waals surface area contributed by atoms with E-state index in [0.29, 0.717) is 5.00 Å². The van der Waals surface area contributed by atoms with Gasteiger partial charge >= 0.3 is 5.97 Å². The van der Waals surface area contributed by atoms with Gasteiger partial charge in [-0.05, 0) is 17.0 Å². The number of carboxylic acids is 1. The van der Waals surface area contributed by atoms with Gasteiger partial charge in [0.05, 0.1) is 0 Å². The van der Waals surface area contributed by atoms with E-state index in [4.69, 9.17) is 10.8 Å². The number of thiophene rings is 1. The predicted octanol–water partition coefficient (Wildman–Crippen LogP) is 3.48. The van der Waals surface area contributed by atoms with Crippen LogP contribution in [-0.2, 0) is 5.41 Å². The lowest BCUT2D eigenvalue weighted by Gasteiger charge is -2.18. The summed E-state index contributed by atoms with van der Waals surface area (Å²) in [4.78, 5) is 11.1. The molecule has 0 amide bonds. The molecule has 3 nitrogen and oxygen atoms in total. The maximum atomic E-state index is 11.1. The Morgan fingerprint density at radius 2 is 2.00 bits per heavy atom. The Morgan fingerprint density at radius 1 is 1.35 bits per heavy atom. The molecule has 0 fully saturated rings. The zero-order valence-electron chi connectivity index (χ0n) is 10.1. The average Bonchev–Trinajstić information content (AvgIpc) is 2.50. The minimum atomic E-state index is -0.961. The van der Waals surface area contributed by atoms with Crippen LogP contribution in [0.25, 0.3) is 10.1 Å². The molecule has 3 N–H and O–H groups in total. The number of anilines is 1. The Hall–Kier alpha value is -1.55. The first kappa shape index (κ1) is 11.9. The summed E-state index contributed by atoms with van der Waals surface area (Å²) >= 11 is 1.33. The fraction of sp³-hybridized carbons (Fsp3) is 0.308. The number of fused-ring (bicyclic) bond motifs is 1. The van der Waals surface area contributed by atoms with E-state index >= 15 is 0 Å². The number of carbonyl (C=O) groups is 1. The van der Waals surface area contributed by atoms with E-state index in [2.05, 4.69) is 20.8 Å². The van der Waals surface area contributed by atoms with Gasteiger partial charge in [0, 0.05) is 10.1 Å². The number of aromatic carboxylic acids is 1. The smallest absolute Gasteiger partial charge is 0.339 e. The van der Waals surface area contributed by atoms with Crippen molar-refractivity contribution in [1.82, 2.24) is 0 Å². The fourth-order valence-corrected chi connectivity index (χ4v) is 2.80. The molecule has 0 unspecified atom stereocenters. The van der Waals surface area contributed by atoms with Crippen molar-refractivity contribution in [3.8, 4) is 0 Å². The number of rotatable bonds is 1. The summed E-state index contributed by atoms with van der Waals surface area (Å²) in [6.45, 7) is 6.38. The molecule has 1 aromatic heterocycles. The highest BCUT2D eigenvalue weighted by Crippen LogP contribution is 2.36. The molecule has 0 aliphatic carbocycles. The second kappa shape index (κ2) is 3.74. The molecule has 2 rings (SSSR count). The lowest BCUT2D eigenvalue weighted by molar-refractivity contribution is 0.0700. The number of carboxylic acid groups (broad SMARTS) is 1. The second-order valence-electron chi connectivity index (χ2n) is 5.11. The molecule has 17 heavy (non-hydrogen) atoms. The SMILES string of the molecule is CC(C)(C)c1ccc2c(C(=O)O)c(N)sc2c1. The van der Waals surface area contributed by atoms with Crippen LogP contribution in [-0.4, -0.2) is 11.1 Å². The topological polar surface area (TPSA) is 63.3 Å². The third kappa shape index (κ3) is 2.00. The van der Waals surface area contributed by atoms with Crippen LogP contribution in [0.5, 0.6) is 0 Å². The molecule has 4 heteroatoms. The lowest BCUT2D eigenvalue weighted by Crippen LogP contribution is -2.10. The number of benzene rings is 1. The summed E-state index contributed by atoms with van der Waals surface area (Å²) in [5, 5.41) is 10.2. The molecule has 2 aromatic rings. The number of hydrogen-bond donors (Lipinski definition) is 2. The van der Waals surface area contributed by atoms with Crippen LogP contribution in [0.2, 0.25) is 0 Å². The maximum absolute atomic E-state index is 11.1. The van der Waals surface area contributed by atoms with Crippen LogP contribution in [0.4, 0.5) is 5.00 Å². The third-order valence-corrected chi connectivity index (χ3v) is 3.78. The monoisotopic (exact) mass is 249 g/mol. The van der Waals surface area contributed by atoms with Crippen LogP contribution in [0.3, 0.4) is 0 Å². The Bertz CT molecular complexity index is 593. The van der Waals surface area contributed by atoms with Crippen molar-refractivity contribution in [1.29, 1.82) is 0 Å². The van der Waals surface area contributed by atoms with E-state index in [1.54, 1.807) is 0 Å². The summed E-state index contributed by atoms with van der Waals surface area (Å²) in [6.07, 6.45) is 0. The highest BCUT2D eigenvalue weighted by molar-refractivity contribution is 7.23. The molecule has 90 valence electrons. The highest BCUT2D eigenvalue weighted by atomic mass is 32.1. The Morgan fingerprint density at radius 3 is 2.53 bits per heavy atom. The van der Waals surface area contributed by atoms with Crippen molar-refractivity contribution in [2.75, 3.05) is 5.73 Å². The van der Waals surface area contributed by atoms with Gasteiger partial charge in [-0.2, -0.15) is 0 Å². The van der Waals surface area contributed by atoms with Gasteiger partial charge in [-0.3, -0.25) is 0 Å². The number of nitrogen functional groups attached to an aromatic ring is 1. The zero-order valence-corrected chi connectivity index (χ0v) is 10.9. The first-order valence-corrected chi connectivity index (χ1v) is 6.18. The Kier molecular flexibility index (Phi) is 2.62. The average molecular weight is 249 g/mol. The van der Waals surface area contributed by atoms with Gasteiger partial charge in [0.15, 0.2) is 0 Å². The molecular weight excluding hydrogens is 234 g/mol. The molecule has 0 radical (unpaired) electrons. The van der Waals surface area contributed by atoms with Crippen molar-refractivity contribution in [2.24, 2.45) is 0 Å². The molecule has 0 aliphatic heterocycles. The van der Waals surface area contributed by atoms with E-state index in [9.17, 15) is 4.79 Å².